The molecule has 3 rings (SSSR count). The van der Waals surface area contributed by atoms with Crippen molar-refractivity contribution in [2.75, 3.05) is 0 Å². The maximum absolute atomic E-state index is 13.0. The molecule has 0 aliphatic rings. The normalized spacial score (nSPS) is 11.8. The molecule has 5 nitrogen and oxygen atoms in total. The van der Waals surface area contributed by atoms with Crippen LogP contribution in [0.25, 0.3) is 0 Å². The van der Waals surface area contributed by atoms with Crippen molar-refractivity contribution in [1.29, 1.82) is 0 Å². The fourth-order valence-corrected chi connectivity index (χ4v) is 3.82. The fraction of sp³-hybridized carbons (Fsp3) is 0.261. The number of hydrogen-bond donors (Lipinski definition) is 2. The van der Waals surface area contributed by atoms with E-state index in [1.54, 1.807) is 12.1 Å². The van der Waals surface area contributed by atoms with E-state index >= 15 is 0 Å². The summed E-state index contributed by atoms with van der Waals surface area (Å²) in [5.41, 5.74) is 2.27. The lowest BCUT2D eigenvalue weighted by Crippen LogP contribution is -2.34. The van der Waals surface area contributed by atoms with Crippen LogP contribution in [0.4, 0.5) is 4.39 Å². The molecular formula is C23H24FN3O2S. The van der Waals surface area contributed by atoms with Crippen LogP contribution in [0, 0.1) is 5.82 Å². The standard InChI is InChI=1S/C23H24FN3O2S/c1-16(7-8-17-5-3-2-4-6-17)25-21(28)13-20-14-22(29)27-23(26-20)30-15-18-9-11-19(24)12-10-18/h2-6,9-12,14,16H,7-8,13,15H2,1H3,(H,25,28)(H,26,27,29)/t16-/m1/s1. The molecule has 1 amide bonds. The molecular weight excluding hydrogens is 401 g/mol. The Hall–Kier alpha value is -2.93. The molecule has 0 aliphatic carbocycles. The number of hydrogen-bond acceptors (Lipinski definition) is 4. The predicted octanol–water partition coefficient (Wildman–Crippen LogP) is 3.88. The molecule has 2 N–H and O–H groups in total. The first kappa shape index (κ1) is 21.8. The van der Waals surface area contributed by atoms with Crippen LogP contribution in [0.5, 0.6) is 0 Å². The molecule has 0 fully saturated rings. The van der Waals surface area contributed by atoms with Crippen molar-refractivity contribution in [1.82, 2.24) is 15.3 Å². The third-order valence-electron chi connectivity index (χ3n) is 4.52. The van der Waals surface area contributed by atoms with Gasteiger partial charge in [0, 0.05) is 17.9 Å². The Labute approximate surface area is 179 Å². The smallest absolute Gasteiger partial charge is 0.251 e. The average Bonchev–Trinajstić information content (AvgIpc) is 2.72. The largest absolute Gasteiger partial charge is 0.353 e. The second-order valence-corrected chi connectivity index (χ2v) is 8.09. The number of aromatic amines is 1. The molecule has 0 unspecified atom stereocenters. The molecule has 30 heavy (non-hydrogen) atoms. The molecule has 0 saturated carbocycles. The summed E-state index contributed by atoms with van der Waals surface area (Å²) < 4.78 is 13.0. The number of halogens is 1. The number of carbonyl (C=O) groups excluding carboxylic acids is 1. The summed E-state index contributed by atoms with van der Waals surface area (Å²) in [6.45, 7) is 1.97. The third-order valence-corrected chi connectivity index (χ3v) is 5.46. The minimum atomic E-state index is -0.300. The van der Waals surface area contributed by atoms with E-state index in [1.807, 2.05) is 25.1 Å². The molecule has 0 saturated heterocycles. The van der Waals surface area contributed by atoms with E-state index in [0.29, 0.717) is 16.6 Å². The SMILES string of the molecule is C[C@H](CCc1ccccc1)NC(=O)Cc1cc(=O)[nH]c(SCc2ccc(F)cc2)n1. The van der Waals surface area contributed by atoms with E-state index in [4.69, 9.17) is 0 Å². The Morgan fingerprint density at radius 2 is 1.87 bits per heavy atom. The van der Waals surface area contributed by atoms with Crippen molar-refractivity contribution in [2.24, 2.45) is 0 Å². The number of carbonyl (C=O) groups is 1. The Morgan fingerprint density at radius 3 is 2.60 bits per heavy atom. The maximum Gasteiger partial charge on any atom is 0.251 e. The molecule has 3 aromatic rings. The summed E-state index contributed by atoms with van der Waals surface area (Å²) in [6, 6.07) is 17.7. The van der Waals surface area contributed by atoms with E-state index in [1.165, 1.54) is 35.5 Å². The van der Waals surface area contributed by atoms with Crippen molar-refractivity contribution in [3.63, 3.8) is 0 Å². The Bertz CT molecular complexity index is 1020. The van der Waals surface area contributed by atoms with Crippen molar-refractivity contribution in [3.05, 3.63) is 93.7 Å². The molecule has 0 spiro atoms. The number of aromatic nitrogens is 2. The van der Waals surface area contributed by atoms with Gasteiger partial charge in [-0.2, -0.15) is 0 Å². The van der Waals surface area contributed by atoms with Crippen LogP contribution in [-0.2, 0) is 23.4 Å². The van der Waals surface area contributed by atoms with Gasteiger partial charge in [0.1, 0.15) is 5.82 Å². The van der Waals surface area contributed by atoms with Gasteiger partial charge in [0.25, 0.3) is 5.56 Å². The highest BCUT2D eigenvalue weighted by molar-refractivity contribution is 7.98. The number of benzene rings is 2. The number of H-pyrrole nitrogens is 1. The first-order chi connectivity index (χ1) is 14.5. The summed E-state index contributed by atoms with van der Waals surface area (Å²) in [7, 11) is 0. The highest BCUT2D eigenvalue weighted by atomic mass is 32.2. The number of rotatable bonds is 9. The van der Waals surface area contributed by atoms with Crippen LogP contribution < -0.4 is 10.9 Å². The average molecular weight is 426 g/mol. The van der Waals surface area contributed by atoms with Crippen LogP contribution in [-0.4, -0.2) is 21.9 Å². The molecule has 1 atom stereocenters. The van der Waals surface area contributed by atoms with Crippen LogP contribution in [0.3, 0.4) is 0 Å². The molecule has 7 heteroatoms. The zero-order valence-corrected chi connectivity index (χ0v) is 17.5. The second kappa shape index (κ2) is 10.7. The molecule has 0 aliphatic heterocycles. The minimum absolute atomic E-state index is 0.0204. The third kappa shape index (κ3) is 7.15. The van der Waals surface area contributed by atoms with Gasteiger partial charge in [-0.05, 0) is 43.0 Å². The topological polar surface area (TPSA) is 74.8 Å². The number of nitrogens with one attached hydrogen (secondary N) is 2. The molecule has 1 aromatic heterocycles. The van der Waals surface area contributed by atoms with Gasteiger partial charge in [-0.1, -0.05) is 54.2 Å². The number of aryl methyl sites for hydroxylation is 1. The maximum atomic E-state index is 13.0. The molecule has 0 bridgehead atoms. The highest BCUT2D eigenvalue weighted by Crippen LogP contribution is 2.18. The van der Waals surface area contributed by atoms with E-state index in [-0.39, 0.29) is 29.7 Å². The van der Waals surface area contributed by atoms with Crippen LogP contribution in [0.15, 0.2) is 70.6 Å². The minimum Gasteiger partial charge on any atom is -0.353 e. The number of nitrogens with zero attached hydrogens (tertiary/aromatic N) is 1. The van der Waals surface area contributed by atoms with Crippen molar-refractivity contribution >= 4 is 17.7 Å². The number of amides is 1. The van der Waals surface area contributed by atoms with Gasteiger partial charge in [0.05, 0.1) is 12.1 Å². The van der Waals surface area contributed by atoms with Gasteiger partial charge >= 0.3 is 0 Å². The summed E-state index contributed by atoms with van der Waals surface area (Å²) in [5, 5.41) is 3.40. The summed E-state index contributed by atoms with van der Waals surface area (Å²) >= 11 is 1.33. The lowest BCUT2D eigenvalue weighted by molar-refractivity contribution is -0.121. The van der Waals surface area contributed by atoms with Gasteiger partial charge in [-0.25, -0.2) is 9.37 Å². The van der Waals surface area contributed by atoms with Gasteiger partial charge in [0.15, 0.2) is 5.16 Å². The van der Waals surface area contributed by atoms with E-state index < -0.39 is 0 Å². The number of thioether (sulfide) groups is 1. The van der Waals surface area contributed by atoms with E-state index in [9.17, 15) is 14.0 Å². The van der Waals surface area contributed by atoms with Crippen LogP contribution in [0.1, 0.15) is 30.2 Å². The lowest BCUT2D eigenvalue weighted by atomic mass is 10.1. The van der Waals surface area contributed by atoms with Gasteiger partial charge in [-0.15, -0.1) is 0 Å². The first-order valence-corrected chi connectivity index (χ1v) is 10.8. The first-order valence-electron chi connectivity index (χ1n) is 9.79. The van der Waals surface area contributed by atoms with Gasteiger partial charge in [-0.3, -0.25) is 9.59 Å². The van der Waals surface area contributed by atoms with Crippen molar-refractivity contribution in [3.8, 4) is 0 Å². The monoisotopic (exact) mass is 425 g/mol. The van der Waals surface area contributed by atoms with Crippen LogP contribution in [0.2, 0.25) is 0 Å². The predicted molar refractivity (Wildman–Crippen MR) is 117 cm³/mol. The Morgan fingerprint density at radius 1 is 1.13 bits per heavy atom. The van der Waals surface area contributed by atoms with Gasteiger partial charge < -0.3 is 10.3 Å². The molecule has 2 aromatic carbocycles. The second-order valence-electron chi connectivity index (χ2n) is 7.13. The highest BCUT2D eigenvalue weighted by Gasteiger charge is 2.11. The van der Waals surface area contributed by atoms with Crippen LogP contribution >= 0.6 is 11.8 Å². The lowest BCUT2D eigenvalue weighted by Gasteiger charge is -2.14. The fourth-order valence-electron chi connectivity index (χ4n) is 2.97. The Kier molecular flexibility index (Phi) is 7.79. The van der Waals surface area contributed by atoms with E-state index in [0.717, 1.165) is 18.4 Å². The van der Waals surface area contributed by atoms with Crippen molar-refractivity contribution in [2.45, 2.75) is 43.1 Å². The zero-order chi connectivity index (χ0) is 21.3. The molecule has 156 valence electrons. The van der Waals surface area contributed by atoms with Gasteiger partial charge in [0.2, 0.25) is 5.91 Å². The Balaban J connectivity index is 1.51. The summed E-state index contributed by atoms with van der Waals surface area (Å²) in [4.78, 5) is 31.4. The zero-order valence-electron chi connectivity index (χ0n) is 16.7. The summed E-state index contributed by atoms with van der Waals surface area (Å²) in [6.07, 6.45) is 1.76. The molecule has 0 radical (unpaired) electrons. The quantitative estimate of drug-likeness (QED) is 0.403. The van der Waals surface area contributed by atoms with Crippen molar-refractivity contribution < 1.29 is 9.18 Å². The molecule has 1 heterocycles. The summed E-state index contributed by atoms with van der Waals surface area (Å²) in [5.74, 6) is 0.0829. The van der Waals surface area contributed by atoms with E-state index in [2.05, 4.69) is 27.4 Å².